The van der Waals surface area contributed by atoms with Crippen LogP contribution in [0.4, 0.5) is 13.2 Å². The van der Waals surface area contributed by atoms with Crippen molar-refractivity contribution in [1.29, 1.82) is 0 Å². The highest BCUT2D eigenvalue weighted by Crippen LogP contribution is 2.25. The summed E-state index contributed by atoms with van der Waals surface area (Å²) in [5.74, 6) is 0. The van der Waals surface area contributed by atoms with E-state index in [2.05, 4.69) is 25.3 Å². The van der Waals surface area contributed by atoms with E-state index >= 15 is 0 Å². The highest BCUT2D eigenvalue weighted by molar-refractivity contribution is 9.10. The third-order valence-electron chi connectivity index (χ3n) is 2.37. The van der Waals surface area contributed by atoms with Crippen molar-refractivity contribution in [3.63, 3.8) is 0 Å². The summed E-state index contributed by atoms with van der Waals surface area (Å²) in [7, 11) is 0. The fourth-order valence-electron chi connectivity index (χ4n) is 1.29. The molecule has 0 radical (unpaired) electrons. The van der Waals surface area contributed by atoms with Crippen molar-refractivity contribution in [2.75, 3.05) is 0 Å². The van der Waals surface area contributed by atoms with E-state index in [1.807, 2.05) is 0 Å². The Morgan fingerprint density at radius 3 is 2.43 bits per heavy atom. The molecule has 0 aliphatic rings. The summed E-state index contributed by atoms with van der Waals surface area (Å²) in [5.41, 5.74) is 0.396. The molecular formula is C13H16BrF3N2OS. The van der Waals surface area contributed by atoms with Crippen molar-refractivity contribution in [3.8, 4) is 0 Å². The Balaban J connectivity index is 3.08. The number of hydrogen-bond donors (Lipinski definition) is 0. The van der Waals surface area contributed by atoms with Crippen LogP contribution in [0.1, 0.15) is 39.3 Å². The molecule has 0 N–H and O–H groups in total. The zero-order valence-electron chi connectivity index (χ0n) is 11.9. The average molecular weight is 385 g/mol. The van der Waals surface area contributed by atoms with E-state index in [9.17, 15) is 17.7 Å². The summed E-state index contributed by atoms with van der Waals surface area (Å²) in [4.78, 5) is 4.09. The first-order chi connectivity index (χ1) is 9.49. The highest BCUT2D eigenvalue weighted by Gasteiger charge is 2.31. The summed E-state index contributed by atoms with van der Waals surface area (Å²) < 4.78 is 53.1. The third-order valence-corrected chi connectivity index (χ3v) is 4.25. The molecule has 0 amide bonds. The van der Waals surface area contributed by atoms with Gasteiger partial charge < -0.3 is 4.55 Å². The van der Waals surface area contributed by atoms with Gasteiger partial charge in [0, 0.05) is 12.8 Å². The molecule has 8 heteroatoms. The van der Waals surface area contributed by atoms with Gasteiger partial charge in [-0.25, -0.2) is 4.98 Å². The molecule has 1 aromatic heterocycles. The van der Waals surface area contributed by atoms with Crippen LogP contribution in [0.3, 0.4) is 0 Å². The van der Waals surface area contributed by atoms with Crippen molar-refractivity contribution in [2.24, 2.45) is 4.40 Å². The Kier molecular flexibility index (Phi) is 6.24. The van der Waals surface area contributed by atoms with E-state index in [1.165, 1.54) is 0 Å². The molecule has 0 unspecified atom stereocenters. The van der Waals surface area contributed by atoms with Gasteiger partial charge in [0.25, 0.3) is 0 Å². The van der Waals surface area contributed by atoms with Gasteiger partial charge in [-0.3, -0.25) is 0 Å². The molecular weight excluding hydrogens is 369 g/mol. The largest absolute Gasteiger partial charge is 0.591 e. The minimum absolute atomic E-state index is 0.0990. The number of pyridine rings is 1. The number of rotatable bonds is 4. The first-order valence-corrected chi connectivity index (χ1v) is 8.08. The Morgan fingerprint density at radius 1 is 1.33 bits per heavy atom. The second kappa shape index (κ2) is 7.11. The van der Waals surface area contributed by atoms with Crippen LogP contribution in [-0.2, 0) is 11.4 Å². The number of aromatic nitrogens is 1. The van der Waals surface area contributed by atoms with Crippen molar-refractivity contribution >= 4 is 33.0 Å². The molecule has 0 saturated carbocycles. The molecule has 0 fully saturated rings. The van der Waals surface area contributed by atoms with E-state index < -0.39 is 28.7 Å². The Labute approximate surface area is 133 Å². The topological polar surface area (TPSA) is 48.3 Å². The zero-order chi connectivity index (χ0) is 16.3. The van der Waals surface area contributed by atoms with Crippen LogP contribution in [0.25, 0.3) is 0 Å². The molecule has 118 valence electrons. The van der Waals surface area contributed by atoms with Gasteiger partial charge >= 0.3 is 6.18 Å². The lowest BCUT2D eigenvalue weighted by molar-refractivity contribution is -0.132. The first kappa shape index (κ1) is 18.4. The fraction of sp³-hybridized carbons (Fsp3) is 0.538. The molecule has 1 aromatic rings. The maximum absolute atomic E-state index is 12.4. The maximum atomic E-state index is 12.4. The Morgan fingerprint density at radius 2 is 1.95 bits per heavy atom. The van der Waals surface area contributed by atoms with Crippen LogP contribution in [0.15, 0.2) is 27.2 Å². The monoisotopic (exact) mass is 384 g/mol. The van der Waals surface area contributed by atoms with E-state index in [0.29, 0.717) is 10.3 Å². The molecule has 0 aliphatic heterocycles. The van der Waals surface area contributed by atoms with Crippen LogP contribution >= 0.6 is 15.9 Å². The minimum atomic E-state index is -4.30. The lowest BCUT2D eigenvalue weighted by atomic mass is 10.1. The predicted molar refractivity (Wildman–Crippen MR) is 81.7 cm³/mol. The molecule has 3 nitrogen and oxygen atoms in total. The Bertz CT molecular complexity index is 515. The van der Waals surface area contributed by atoms with Crippen molar-refractivity contribution < 1.29 is 17.7 Å². The van der Waals surface area contributed by atoms with Crippen molar-refractivity contribution in [2.45, 2.75) is 44.5 Å². The molecule has 0 spiro atoms. The first-order valence-electron chi connectivity index (χ1n) is 6.18. The summed E-state index contributed by atoms with van der Waals surface area (Å²) in [6, 6.07) is 4.86. The van der Waals surface area contributed by atoms with Gasteiger partial charge in [0.15, 0.2) is 0 Å². The SMILES string of the molecule is CC(C)(C)[S@@+]([O-])/N=C(\CCC(F)(F)F)c1cccc(Br)n1. The molecule has 0 aliphatic carbocycles. The Hall–Kier alpha value is -0.600. The smallest absolute Gasteiger partial charge is 0.389 e. The van der Waals surface area contributed by atoms with Crippen LogP contribution < -0.4 is 0 Å². The maximum Gasteiger partial charge on any atom is 0.389 e. The summed E-state index contributed by atoms with van der Waals surface area (Å²) in [5, 5.41) is 0. The van der Waals surface area contributed by atoms with E-state index in [-0.39, 0.29) is 12.1 Å². The fourth-order valence-corrected chi connectivity index (χ4v) is 2.29. The van der Waals surface area contributed by atoms with Gasteiger partial charge in [-0.2, -0.15) is 13.2 Å². The summed E-state index contributed by atoms with van der Waals surface area (Å²) >= 11 is 1.53. The number of halogens is 4. The van der Waals surface area contributed by atoms with Crippen molar-refractivity contribution in [1.82, 2.24) is 4.98 Å². The molecule has 1 atom stereocenters. The minimum Gasteiger partial charge on any atom is -0.591 e. The lowest BCUT2D eigenvalue weighted by Gasteiger charge is -2.19. The zero-order valence-corrected chi connectivity index (χ0v) is 14.3. The predicted octanol–water partition coefficient (Wildman–Crippen LogP) is 4.44. The number of alkyl halides is 3. The molecule has 0 saturated heterocycles. The normalized spacial score (nSPS) is 15.1. The summed E-state index contributed by atoms with van der Waals surface area (Å²) in [6.45, 7) is 5.13. The molecule has 0 aromatic carbocycles. The van der Waals surface area contributed by atoms with E-state index in [4.69, 9.17) is 0 Å². The van der Waals surface area contributed by atoms with Gasteiger partial charge in [-0.1, -0.05) is 10.5 Å². The van der Waals surface area contributed by atoms with E-state index in [1.54, 1.807) is 39.0 Å². The number of hydrogen-bond acceptors (Lipinski definition) is 3. The standard InChI is InChI=1S/C13H16BrF3N2OS/c1-12(2,3)21(20)19-10(7-8-13(15,16)17)9-5-4-6-11(14)18-9/h4-6H,7-8H2,1-3H3/b19-10+/t21-/m1/s1. The van der Waals surface area contributed by atoms with E-state index in [0.717, 1.165) is 0 Å². The van der Waals surface area contributed by atoms with Crippen LogP contribution in [0, 0.1) is 0 Å². The van der Waals surface area contributed by atoms with Gasteiger partial charge in [-0.15, -0.1) is 0 Å². The molecule has 21 heavy (non-hydrogen) atoms. The molecule has 0 bridgehead atoms. The summed E-state index contributed by atoms with van der Waals surface area (Å²) in [6.07, 6.45) is -5.67. The van der Waals surface area contributed by atoms with Gasteiger partial charge in [0.2, 0.25) is 0 Å². The van der Waals surface area contributed by atoms with Gasteiger partial charge in [-0.05, 0) is 48.8 Å². The van der Waals surface area contributed by atoms with Crippen LogP contribution in [0.2, 0.25) is 0 Å². The third kappa shape index (κ3) is 6.80. The van der Waals surface area contributed by atoms with Crippen LogP contribution in [-0.4, -0.2) is 26.2 Å². The van der Waals surface area contributed by atoms with Gasteiger partial charge in [0.05, 0.1) is 5.69 Å². The highest BCUT2D eigenvalue weighted by atomic mass is 79.9. The molecule has 1 heterocycles. The quantitative estimate of drug-likeness (QED) is 0.437. The lowest BCUT2D eigenvalue weighted by Crippen LogP contribution is -2.27. The average Bonchev–Trinajstić information content (AvgIpc) is 2.31. The number of nitrogens with zero attached hydrogens (tertiary/aromatic N) is 2. The van der Waals surface area contributed by atoms with Crippen LogP contribution in [0.5, 0.6) is 0 Å². The van der Waals surface area contributed by atoms with Gasteiger partial charge in [0.1, 0.15) is 26.4 Å². The second-order valence-electron chi connectivity index (χ2n) is 5.36. The molecule has 1 rings (SSSR count). The van der Waals surface area contributed by atoms with Crippen molar-refractivity contribution in [3.05, 3.63) is 28.5 Å². The second-order valence-corrected chi connectivity index (χ2v) is 8.08.